The average molecular weight is 790 g/mol. The number of β-lactam (4-membered cyclic amide) rings is 1. The third-order valence-electron chi connectivity index (χ3n) is 9.86. The zero-order chi connectivity index (χ0) is 40.4. The van der Waals surface area contributed by atoms with Crippen molar-refractivity contribution < 1.29 is 53.5 Å². The number of thioether (sulfide) groups is 1. The van der Waals surface area contributed by atoms with Gasteiger partial charge in [-0.25, -0.2) is 14.4 Å². The number of likely N-dealkylation sites (tertiary alicyclic amines) is 1. The highest BCUT2D eigenvalue weighted by Gasteiger charge is 2.60. The molecule has 19 heteroatoms. The number of carboxylic acids is 1. The van der Waals surface area contributed by atoms with Crippen molar-refractivity contribution in [1.82, 2.24) is 9.80 Å². The number of nitro benzene ring substituents is 2. The summed E-state index contributed by atoms with van der Waals surface area (Å²) in [5.41, 5.74) is -0.386. The van der Waals surface area contributed by atoms with E-state index in [0.29, 0.717) is 4.91 Å². The summed E-state index contributed by atoms with van der Waals surface area (Å²) in [6, 6.07) is 15.0. The maximum absolute atomic E-state index is 13.8. The Morgan fingerprint density at radius 2 is 1.55 bits per heavy atom. The number of carboxylic acid groups (broad SMARTS) is 1. The zero-order valence-electron chi connectivity index (χ0n) is 29.8. The smallest absolute Gasteiger partial charge is 0.410 e. The number of nitro groups is 2. The Bertz CT molecular complexity index is 2160. The number of aliphatic hydroxyl groups is 1. The lowest BCUT2D eigenvalue weighted by Crippen LogP contribution is -2.63. The molecule has 3 aromatic rings. The molecular formula is C37H35N5O13S. The van der Waals surface area contributed by atoms with Crippen molar-refractivity contribution in [3.8, 4) is 0 Å². The van der Waals surface area contributed by atoms with Crippen LogP contribution in [0.1, 0.15) is 41.8 Å². The van der Waals surface area contributed by atoms with Crippen molar-refractivity contribution >= 4 is 58.7 Å². The summed E-state index contributed by atoms with van der Waals surface area (Å²) < 4.78 is 11.0. The van der Waals surface area contributed by atoms with Crippen LogP contribution < -0.4 is 5.32 Å². The summed E-state index contributed by atoms with van der Waals surface area (Å²) in [5.74, 6) is -4.73. The number of nitrogens with zero attached hydrogens (tertiary/aromatic N) is 4. The lowest BCUT2D eigenvalue weighted by molar-refractivity contribution is -0.386. The van der Waals surface area contributed by atoms with Gasteiger partial charge in [0.2, 0.25) is 11.8 Å². The van der Waals surface area contributed by atoms with Crippen molar-refractivity contribution in [2.24, 2.45) is 11.8 Å². The van der Waals surface area contributed by atoms with Crippen LogP contribution in [0.4, 0.5) is 21.9 Å². The molecule has 56 heavy (non-hydrogen) atoms. The monoisotopic (exact) mass is 789 g/mol. The third-order valence-corrected chi connectivity index (χ3v) is 11.4. The van der Waals surface area contributed by atoms with Gasteiger partial charge in [0.05, 0.1) is 44.6 Å². The second kappa shape index (κ2) is 16.2. The van der Waals surface area contributed by atoms with Gasteiger partial charge < -0.3 is 29.9 Å². The molecule has 0 radical (unpaired) electrons. The highest BCUT2D eigenvalue weighted by Crippen LogP contribution is 2.52. The Morgan fingerprint density at radius 3 is 2.14 bits per heavy atom. The predicted molar refractivity (Wildman–Crippen MR) is 197 cm³/mol. The maximum atomic E-state index is 13.8. The first-order valence-electron chi connectivity index (χ1n) is 17.3. The molecule has 3 N–H and O–H groups in total. The molecule has 0 aliphatic carbocycles. The Kier molecular flexibility index (Phi) is 11.4. The topological polar surface area (TPSA) is 249 Å². The van der Waals surface area contributed by atoms with E-state index in [2.05, 4.69) is 5.32 Å². The summed E-state index contributed by atoms with van der Waals surface area (Å²) in [4.78, 5) is 90.8. The maximum Gasteiger partial charge on any atom is 0.410 e. The molecular weight excluding hydrogens is 754 g/mol. The highest BCUT2D eigenvalue weighted by molar-refractivity contribution is 8.03. The van der Waals surface area contributed by atoms with E-state index in [-0.39, 0.29) is 52.4 Å². The van der Waals surface area contributed by atoms with E-state index in [4.69, 9.17) is 9.47 Å². The zero-order valence-corrected chi connectivity index (χ0v) is 30.6. The van der Waals surface area contributed by atoms with Crippen molar-refractivity contribution in [3.05, 3.63) is 120 Å². The number of anilines is 1. The van der Waals surface area contributed by atoms with Crippen molar-refractivity contribution in [2.45, 2.75) is 56.9 Å². The minimum atomic E-state index is -1.23. The standard InChI is InChI=1S/C37H35N5O13S/c1-19-30-29(20(2)43)34(45)40(30)31(36(48)54-17-22-8-3-5-12-26(22)41(50)51)32(19)56-25-15-28(33(44)38-24-11-7-10-21(14-24)35(46)47)39(16-25)37(49)55-18-23-9-4-6-13-27(23)42(52)53/h3-14,19-20,25,28-30,43H,15-18H2,1-2H3,(H,38,44)(H,46,47)/t19-,20-,25+,28+,29-,30+/m1/s1. The van der Waals surface area contributed by atoms with Crippen LogP contribution in [0.25, 0.3) is 0 Å². The number of fused-ring (bicyclic) bond motifs is 1. The van der Waals surface area contributed by atoms with Gasteiger partial charge in [-0.1, -0.05) is 37.3 Å². The lowest BCUT2D eigenvalue weighted by atomic mass is 9.79. The summed E-state index contributed by atoms with van der Waals surface area (Å²) in [6.07, 6.45) is -2.04. The number of hydrogen-bond donors (Lipinski definition) is 3. The molecule has 292 valence electrons. The van der Waals surface area contributed by atoms with Crippen LogP contribution in [0.3, 0.4) is 0 Å². The van der Waals surface area contributed by atoms with E-state index in [1.165, 1.54) is 78.6 Å². The number of carbonyl (C=O) groups excluding carboxylic acids is 4. The summed E-state index contributed by atoms with van der Waals surface area (Å²) in [7, 11) is 0. The van der Waals surface area contributed by atoms with Gasteiger partial charge in [-0.15, -0.1) is 11.8 Å². The molecule has 3 amide bonds. The normalized spacial score (nSPS) is 21.8. The molecule has 18 nitrogen and oxygen atoms in total. The van der Waals surface area contributed by atoms with Gasteiger partial charge in [0.1, 0.15) is 25.0 Å². The van der Waals surface area contributed by atoms with Crippen LogP contribution in [-0.4, -0.2) is 89.7 Å². The second-order valence-corrected chi connectivity index (χ2v) is 14.7. The van der Waals surface area contributed by atoms with Crippen LogP contribution in [0, 0.1) is 32.1 Å². The van der Waals surface area contributed by atoms with Crippen LogP contribution in [0.5, 0.6) is 0 Å². The first kappa shape index (κ1) is 39.4. The van der Waals surface area contributed by atoms with E-state index in [1.807, 2.05) is 0 Å². The Labute approximate surface area is 322 Å². The Balaban J connectivity index is 1.28. The van der Waals surface area contributed by atoms with Crippen LogP contribution in [0.2, 0.25) is 0 Å². The number of ether oxygens (including phenoxy) is 2. The van der Waals surface area contributed by atoms with E-state index in [9.17, 15) is 54.4 Å². The number of carbonyl (C=O) groups is 5. The molecule has 2 fully saturated rings. The van der Waals surface area contributed by atoms with Crippen molar-refractivity contribution in [1.29, 1.82) is 0 Å². The minimum absolute atomic E-state index is 0.0110. The number of esters is 1. The molecule has 3 aliphatic heterocycles. The lowest BCUT2D eigenvalue weighted by Gasteiger charge is -2.46. The fourth-order valence-electron chi connectivity index (χ4n) is 7.19. The van der Waals surface area contributed by atoms with E-state index >= 15 is 0 Å². The molecule has 3 aromatic carbocycles. The molecule has 0 aromatic heterocycles. The molecule has 6 rings (SSSR count). The molecule has 3 heterocycles. The SMILES string of the molecule is C[C@@H](O)[C@H]1C(=O)N2C(C(=O)OCc3ccccc3[N+](=O)[O-])=C(S[C@H]3C[C@@H](C(=O)Nc4cccc(C(=O)O)c4)N(C(=O)OCc4ccccc4[N+](=O)[O-])C3)[C@H](C)[C@@H]12. The number of rotatable bonds is 13. The molecule has 0 unspecified atom stereocenters. The van der Waals surface area contributed by atoms with Gasteiger partial charge >= 0.3 is 18.0 Å². The quantitative estimate of drug-likeness (QED) is 0.0936. The number of amides is 3. The average Bonchev–Trinajstić information content (AvgIpc) is 3.70. The molecule has 0 saturated carbocycles. The number of para-hydroxylation sites is 2. The first-order chi connectivity index (χ1) is 26.7. The van der Waals surface area contributed by atoms with Gasteiger partial charge in [-0.2, -0.15) is 0 Å². The molecule has 2 saturated heterocycles. The van der Waals surface area contributed by atoms with E-state index in [1.54, 1.807) is 13.0 Å². The molecule has 3 aliphatic rings. The number of benzene rings is 3. The van der Waals surface area contributed by atoms with E-state index < -0.39 is 88.2 Å². The number of aliphatic hydroxyl groups excluding tert-OH is 1. The van der Waals surface area contributed by atoms with Gasteiger partial charge in [0.15, 0.2) is 0 Å². The third kappa shape index (κ3) is 7.76. The van der Waals surface area contributed by atoms with Crippen LogP contribution in [0.15, 0.2) is 83.4 Å². The Hall–Kier alpha value is -6.34. The van der Waals surface area contributed by atoms with Gasteiger partial charge in [-0.3, -0.25) is 34.7 Å². The molecule has 0 spiro atoms. The predicted octanol–water partition coefficient (Wildman–Crippen LogP) is 4.47. The number of aromatic carboxylic acids is 1. The largest absolute Gasteiger partial charge is 0.478 e. The van der Waals surface area contributed by atoms with Gasteiger partial charge in [0, 0.05) is 40.4 Å². The summed E-state index contributed by atoms with van der Waals surface area (Å²) >= 11 is 1.13. The van der Waals surface area contributed by atoms with Crippen LogP contribution >= 0.6 is 11.8 Å². The molecule has 0 bridgehead atoms. The molecule has 6 atom stereocenters. The van der Waals surface area contributed by atoms with Crippen molar-refractivity contribution in [3.63, 3.8) is 0 Å². The van der Waals surface area contributed by atoms with E-state index in [0.717, 1.165) is 16.7 Å². The highest BCUT2D eigenvalue weighted by atomic mass is 32.2. The summed E-state index contributed by atoms with van der Waals surface area (Å²) in [6.45, 7) is 2.13. The van der Waals surface area contributed by atoms with Crippen LogP contribution in [-0.2, 0) is 37.1 Å². The van der Waals surface area contributed by atoms with Crippen molar-refractivity contribution in [2.75, 3.05) is 11.9 Å². The number of hydrogen-bond acceptors (Lipinski definition) is 13. The first-order valence-corrected chi connectivity index (χ1v) is 18.2. The fourth-order valence-corrected chi connectivity index (χ4v) is 8.71. The number of nitrogens with one attached hydrogen (secondary N) is 1. The second-order valence-electron chi connectivity index (χ2n) is 13.4. The summed E-state index contributed by atoms with van der Waals surface area (Å²) in [5, 5.41) is 45.0. The fraction of sp³-hybridized carbons (Fsp3) is 0.324. The van der Waals surface area contributed by atoms with Gasteiger partial charge in [-0.05, 0) is 43.7 Å². The van der Waals surface area contributed by atoms with Gasteiger partial charge in [0.25, 0.3) is 11.4 Å². The minimum Gasteiger partial charge on any atom is -0.478 e. The Morgan fingerprint density at radius 1 is 0.946 bits per heavy atom.